The Kier molecular flexibility index (Phi) is 3.18. The van der Waals surface area contributed by atoms with E-state index < -0.39 is 0 Å². The third-order valence-electron chi connectivity index (χ3n) is 2.34. The molecule has 0 aromatic carbocycles. The Bertz CT molecular complexity index is 408. The molecule has 0 aliphatic rings. The predicted molar refractivity (Wildman–Crippen MR) is 61.1 cm³/mol. The summed E-state index contributed by atoms with van der Waals surface area (Å²) in [5, 5.41) is 6.51. The summed E-state index contributed by atoms with van der Waals surface area (Å²) in [6, 6.07) is 2.27. The fourth-order valence-electron chi connectivity index (χ4n) is 1.53. The zero-order chi connectivity index (χ0) is 10.7. The minimum atomic E-state index is 0.286. The number of hydrogen-bond acceptors (Lipinski definition) is 4. The van der Waals surface area contributed by atoms with Crippen molar-refractivity contribution in [3.05, 3.63) is 40.2 Å². The van der Waals surface area contributed by atoms with Crippen LogP contribution < -0.4 is 5.32 Å². The summed E-state index contributed by atoms with van der Waals surface area (Å²) in [6.45, 7) is 2.02. The first kappa shape index (κ1) is 10.4. The molecule has 1 unspecified atom stereocenters. The lowest BCUT2D eigenvalue weighted by Crippen LogP contribution is -2.18. The first-order valence-corrected chi connectivity index (χ1v) is 5.78. The monoisotopic (exact) mass is 222 g/mol. The number of nitrogens with zero attached hydrogens (tertiary/aromatic N) is 1. The highest BCUT2D eigenvalue weighted by Crippen LogP contribution is 2.20. The van der Waals surface area contributed by atoms with Gasteiger partial charge in [-0.1, -0.05) is 0 Å². The quantitative estimate of drug-likeness (QED) is 0.864. The van der Waals surface area contributed by atoms with Crippen LogP contribution in [0.3, 0.4) is 0 Å². The summed E-state index contributed by atoms with van der Waals surface area (Å²) in [7, 11) is 1.96. The van der Waals surface area contributed by atoms with Gasteiger partial charge in [-0.3, -0.25) is 0 Å². The van der Waals surface area contributed by atoms with Gasteiger partial charge < -0.3 is 9.73 Å². The lowest BCUT2D eigenvalue weighted by Gasteiger charge is -2.11. The lowest BCUT2D eigenvalue weighted by atomic mass is 10.1. The maximum atomic E-state index is 5.08. The molecule has 2 aromatic rings. The Morgan fingerprint density at radius 1 is 1.60 bits per heavy atom. The first-order chi connectivity index (χ1) is 7.29. The van der Waals surface area contributed by atoms with Gasteiger partial charge in [0, 0.05) is 29.1 Å². The molecule has 0 saturated carbocycles. The van der Waals surface area contributed by atoms with Crippen molar-refractivity contribution in [2.45, 2.75) is 19.4 Å². The molecule has 0 aliphatic carbocycles. The first-order valence-electron chi connectivity index (χ1n) is 4.90. The number of nitrogens with one attached hydrogen (secondary N) is 1. The topological polar surface area (TPSA) is 38.1 Å². The van der Waals surface area contributed by atoms with Crippen LogP contribution in [0.15, 0.2) is 28.4 Å². The van der Waals surface area contributed by atoms with Gasteiger partial charge in [0.05, 0.1) is 17.5 Å². The third-order valence-corrected chi connectivity index (χ3v) is 3.33. The smallest absolute Gasteiger partial charge is 0.0950 e. The Balaban J connectivity index is 2.09. The van der Waals surface area contributed by atoms with Crippen molar-refractivity contribution in [2.24, 2.45) is 0 Å². The molecule has 0 aliphatic heterocycles. The van der Waals surface area contributed by atoms with Gasteiger partial charge in [-0.2, -0.15) is 0 Å². The maximum absolute atomic E-state index is 5.08. The minimum Gasteiger partial charge on any atom is -0.472 e. The second-order valence-electron chi connectivity index (χ2n) is 3.48. The van der Waals surface area contributed by atoms with Crippen molar-refractivity contribution in [2.75, 3.05) is 7.05 Å². The molecule has 80 valence electrons. The van der Waals surface area contributed by atoms with Crippen molar-refractivity contribution in [3.63, 3.8) is 0 Å². The van der Waals surface area contributed by atoms with Crippen molar-refractivity contribution in [1.82, 2.24) is 10.3 Å². The Morgan fingerprint density at radius 2 is 2.47 bits per heavy atom. The summed E-state index contributed by atoms with van der Waals surface area (Å²) in [5.41, 5.74) is 2.27. The fraction of sp³-hybridized carbons (Fsp3) is 0.364. The molecular weight excluding hydrogens is 208 g/mol. The zero-order valence-corrected chi connectivity index (χ0v) is 9.67. The van der Waals surface area contributed by atoms with E-state index in [-0.39, 0.29) is 6.04 Å². The van der Waals surface area contributed by atoms with Crippen LogP contribution >= 0.6 is 11.3 Å². The molecule has 0 radical (unpaired) electrons. The molecule has 3 nitrogen and oxygen atoms in total. The molecule has 1 atom stereocenters. The van der Waals surface area contributed by atoms with Crippen LogP contribution in [0.4, 0.5) is 0 Å². The number of furan rings is 1. The van der Waals surface area contributed by atoms with Gasteiger partial charge >= 0.3 is 0 Å². The standard InChI is InChI=1S/C11H14N2OS/c1-8-7-15-11(13-8)5-10(12-2)9-3-4-14-6-9/h3-4,6-7,10,12H,5H2,1-2H3. The maximum Gasteiger partial charge on any atom is 0.0950 e. The van der Waals surface area contributed by atoms with Crippen LogP contribution in [0.1, 0.15) is 22.3 Å². The van der Waals surface area contributed by atoms with E-state index in [0.29, 0.717) is 0 Å². The van der Waals surface area contributed by atoms with Gasteiger partial charge in [0.25, 0.3) is 0 Å². The molecule has 15 heavy (non-hydrogen) atoms. The molecule has 0 amide bonds. The van der Waals surface area contributed by atoms with Crippen LogP contribution in [0.2, 0.25) is 0 Å². The van der Waals surface area contributed by atoms with E-state index in [9.17, 15) is 0 Å². The predicted octanol–water partition coefficient (Wildman–Crippen LogP) is 2.55. The van der Waals surface area contributed by atoms with E-state index in [4.69, 9.17) is 4.42 Å². The second-order valence-corrected chi connectivity index (χ2v) is 4.43. The van der Waals surface area contributed by atoms with Crippen molar-refractivity contribution in [3.8, 4) is 0 Å². The van der Waals surface area contributed by atoms with E-state index in [2.05, 4.69) is 15.7 Å². The molecule has 0 fully saturated rings. The molecule has 0 bridgehead atoms. The molecule has 0 spiro atoms. The number of aryl methyl sites for hydroxylation is 1. The third kappa shape index (κ3) is 2.46. The van der Waals surface area contributed by atoms with Crippen molar-refractivity contribution >= 4 is 11.3 Å². The number of hydrogen-bond donors (Lipinski definition) is 1. The Morgan fingerprint density at radius 3 is 3.00 bits per heavy atom. The molecule has 2 rings (SSSR count). The molecular formula is C11H14N2OS. The van der Waals surface area contributed by atoms with Gasteiger partial charge in [0.2, 0.25) is 0 Å². The summed E-state index contributed by atoms with van der Waals surface area (Å²) in [4.78, 5) is 4.46. The molecule has 1 N–H and O–H groups in total. The van der Waals surface area contributed by atoms with Gasteiger partial charge in [-0.05, 0) is 20.0 Å². The highest BCUT2D eigenvalue weighted by atomic mass is 32.1. The van der Waals surface area contributed by atoms with E-state index in [1.807, 2.05) is 20.0 Å². The van der Waals surface area contributed by atoms with E-state index in [0.717, 1.165) is 17.1 Å². The largest absolute Gasteiger partial charge is 0.472 e. The van der Waals surface area contributed by atoms with Crippen LogP contribution in [-0.4, -0.2) is 12.0 Å². The SMILES string of the molecule is CNC(Cc1nc(C)cs1)c1ccoc1. The van der Waals surface area contributed by atoms with Crippen molar-refractivity contribution in [1.29, 1.82) is 0 Å². The minimum absolute atomic E-state index is 0.286. The summed E-state index contributed by atoms with van der Waals surface area (Å²) < 4.78 is 5.08. The van der Waals surface area contributed by atoms with Crippen LogP contribution in [-0.2, 0) is 6.42 Å². The van der Waals surface area contributed by atoms with Crippen LogP contribution in [0.5, 0.6) is 0 Å². The van der Waals surface area contributed by atoms with Gasteiger partial charge in [0.15, 0.2) is 0 Å². The average Bonchev–Trinajstić information content (AvgIpc) is 2.85. The summed E-state index contributed by atoms with van der Waals surface area (Å²) >= 11 is 1.71. The summed E-state index contributed by atoms with van der Waals surface area (Å²) in [6.07, 6.45) is 4.39. The number of rotatable bonds is 4. The normalized spacial score (nSPS) is 12.9. The van der Waals surface area contributed by atoms with E-state index >= 15 is 0 Å². The zero-order valence-electron chi connectivity index (χ0n) is 8.86. The van der Waals surface area contributed by atoms with E-state index in [1.54, 1.807) is 23.9 Å². The highest BCUT2D eigenvalue weighted by Gasteiger charge is 2.12. The molecule has 4 heteroatoms. The number of thiazole rings is 1. The average molecular weight is 222 g/mol. The van der Waals surface area contributed by atoms with Crippen LogP contribution in [0.25, 0.3) is 0 Å². The van der Waals surface area contributed by atoms with E-state index in [1.165, 1.54) is 5.56 Å². The lowest BCUT2D eigenvalue weighted by molar-refractivity contribution is 0.542. The van der Waals surface area contributed by atoms with Crippen molar-refractivity contribution < 1.29 is 4.42 Å². The van der Waals surface area contributed by atoms with Gasteiger partial charge in [-0.15, -0.1) is 11.3 Å². The Hall–Kier alpha value is -1.13. The molecule has 2 heterocycles. The highest BCUT2D eigenvalue weighted by molar-refractivity contribution is 7.09. The van der Waals surface area contributed by atoms with Gasteiger partial charge in [0.1, 0.15) is 0 Å². The fourth-order valence-corrected chi connectivity index (χ4v) is 2.35. The Labute approximate surface area is 93.2 Å². The number of aromatic nitrogens is 1. The van der Waals surface area contributed by atoms with Gasteiger partial charge in [-0.25, -0.2) is 4.98 Å². The summed E-state index contributed by atoms with van der Waals surface area (Å²) in [5.74, 6) is 0. The number of likely N-dealkylation sites (N-methyl/N-ethyl adjacent to an activating group) is 1. The van der Waals surface area contributed by atoms with Crippen LogP contribution in [0, 0.1) is 6.92 Å². The molecule has 2 aromatic heterocycles. The molecule has 0 saturated heterocycles. The second kappa shape index (κ2) is 4.59.